The van der Waals surface area contributed by atoms with E-state index in [9.17, 15) is 4.79 Å². The van der Waals surface area contributed by atoms with Gasteiger partial charge in [0.05, 0.1) is 26.5 Å². The Hall–Kier alpha value is -1.75. The second-order valence-electron chi connectivity index (χ2n) is 9.46. The van der Waals surface area contributed by atoms with Gasteiger partial charge in [-0.25, -0.2) is 0 Å². The number of carbonyl (C=O) groups is 1. The number of amides is 1. The fourth-order valence-electron chi connectivity index (χ4n) is 4.71. The summed E-state index contributed by atoms with van der Waals surface area (Å²) in [5.74, 6) is 0.755. The van der Waals surface area contributed by atoms with Crippen LogP contribution in [0.5, 0.6) is 0 Å². The van der Waals surface area contributed by atoms with Gasteiger partial charge in [0, 0.05) is 19.6 Å². The molecule has 0 spiro atoms. The summed E-state index contributed by atoms with van der Waals surface area (Å²) in [6.07, 6.45) is 3.76. The third-order valence-corrected chi connectivity index (χ3v) is 8.29. The standard InChI is InChI=1S/C29H30Cl4N2O/c30-25-8-6-23(17-27(25)32)19-29(36)35(20-24-7-9-26(31)28(33)18-24)15-14-34-12-10-22(11-13-34)16-21-4-2-1-3-5-21/h1-9,17-18,22H,10-16,19-20H2. The summed E-state index contributed by atoms with van der Waals surface area (Å²) in [7, 11) is 0. The number of hydrogen-bond donors (Lipinski definition) is 0. The van der Waals surface area contributed by atoms with E-state index in [1.165, 1.54) is 18.4 Å². The lowest BCUT2D eigenvalue weighted by Crippen LogP contribution is -2.42. The Balaban J connectivity index is 1.37. The van der Waals surface area contributed by atoms with Gasteiger partial charge in [0.2, 0.25) is 5.91 Å². The van der Waals surface area contributed by atoms with Crippen LogP contribution in [0.2, 0.25) is 20.1 Å². The van der Waals surface area contributed by atoms with Gasteiger partial charge in [-0.15, -0.1) is 0 Å². The van der Waals surface area contributed by atoms with Crippen LogP contribution in [0.3, 0.4) is 0 Å². The normalized spacial score (nSPS) is 14.7. The molecule has 4 rings (SSSR count). The highest BCUT2D eigenvalue weighted by Crippen LogP contribution is 2.26. The molecule has 0 atom stereocenters. The van der Waals surface area contributed by atoms with E-state index >= 15 is 0 Å². The van der Waals surface area contributed by atoms with Crippen molar-refractivity contribution in [1.29, 1.82) is 0 Å². The van der Waals surface area contributed by atoms with Gasteiger partial charge in [-0.1, -0.05) is 88.9 Å². The van der Waals surface area contributed by atoms with Crippen molar-refractivity contribution in [3.05, 3.63) is 104 Å². The zero-order valence-corrected chi connectivity index (χ0v) is 23.1. The molecule has 0 aliphatic carbocycles. The monoisotopic (exact) mass is 562 g/mol. The minimum Gasteiger partial charge on any atom is -0.337 e. The smallest absolute Gasteiger partial charge is 0.227 e. The molecule has 3 nitrogen and oxygen atoms in total. The fraction of sp³-hybridized carbons (Fsp3) is 0.345. The lowest BCUT2D eigenvalue weighted by atomic mass is 9.90. The highest BCUT2D eigenvalue weighted by atomic mass is 35.5. The van der Waals surface area contributed by atoms with Crippen molar-refractivity contribution in [2.24, 2.45) is 5.92 Å². The average Bonchev–Trinajstić information content (AvgIpc) is 2.87. The maximum atomic E-state index is 13.4. The molecule has 0 bridgehead atoms. The third kappa shape index (κ3) is 7.87. The van der Waals surface area contributed by atoms with Crippen LogP contribution in [0.1, 0.15) is 29.5 Å². The zero-order chi connectivity index (χ0) is 25.5. The first-order valence-corrected chi connectivity index (χ1v) is 13.8. The second kappa shape index (κ2) is 13.2. The largest absolute Gasteiger partial charge is 0.337 e. The topological polar surface area (TPSA) is 23.6 Å². The highest BCUT2D eigenvalue weighted by molar-refractivity contribution is 6.42. The average molecular weight is 564 g/mol. The van der Waals surface area contributed by atoms with Crippen molar-refractivity contribution < 1.29 is 4.79 Å². The van der Waals surface area contributed by atoms with Crippen LogP contribution in [0, 0.1) is 5.92 Å². The third-order valence-electron chi connectivity index (χ3n) is 6.81. The predicted octanol–water partition coefficient (Wildman–Crippen LogP) is 7.83. The van der Waals surface area contributed by atoms with Gasteiger partial charge in [0.15, 0.2) is 0 Å². The van der Waals surface area contributed by atoms with E-state index in [-0.39, 0.29) is 12.3 Å². The number of likely N-dealkylation sites (tertiary alicyclic amines) is 1. The van der Waals surface area contributed by atoms with E-state index in [1.807, 2.05) is 23.1 Å². The Labute approximate surface area is 233 Å². The Bertz CT molecular complexity index is 1160. The molecule has 0 aromatic heterocycles. The minimum absolute atomic E-state index is 0.0402. The molecular formula is C29H30Cl4N2O. The number of benzene rings is 3. The summed E-state index contributed by atoms with van der Waals surface area (Å²) >= 11 is 24.6. The maximum Gasteiger partial charge on any atom is 0.227 e. The van der Waals surface area contributed by atoms with Gasteiger partial charge in [-0.05, 0) is 79.2 Å². The highest BCUT2D eigenvalue weighted by Gasteiger charge is 2.22. The van der Waals surface area contributed by atoms with E-state index < -0.39 is 0 Å². The van der Waals surface area contributed by atoms with Crippen molar-refractivity contribution >= 4 is 52.3 Å². The molecule has 7 heteroatoms. The number of rotatable bonds is 9. The van der Waals surface area contributed by atoms with Crippen LogP contribution in [-0.2, 0) is 24.2 Å². The molecule has 36 heavy (non-hydrogen) atoms. The van der Waals surface area contributed by atoms with Crippen LogP contribution < -0.4 is 0 Å². The van der Waals surface area contributed by atoms with E-state index in [2.05, 4.69) is 35.2 Å². The summed E-state index contributed by atoms with van der Waals surface area (Å²) < 4.78 is 0. The summed E-state index contributed by atoms with van der Waals surface area (Å²) in [5.41, 5.74) is 3.21. The zero-order valence-electron chi connectivity index (χ0n) is 20.1. The molecular weight excluding hydrogens is 534 g/mol. The predicted molar refractivity (Wildman–Crippen MR) is 151 cm³/mol. The lowest BCUT2D eigenvalue weighted by Gasteiger charge is -2.34. The molecule has 1 fully saturated rings. The number of piperidine rings is 1. The molecule has 1 aliphatic rings. The van der Waals surface area contributed by atoms with Crippen LogP contribution in [0.4, 0.5) is 0 Å². The van der Waals surface area contributed by atoms with Crippen LogP contribution in [0.15, 0.2) is 66.7 Å². The van der Waals surface area contributed by atoms with E-state index in [4.69, 9.17) is 46.4 Å². The van der Waals surface area contributed by atoms with Crippen LogP contribution in [-0.4, -0.2) is 41.9 Å². The van der Waals surface area contributed by atoms with E-state index in [0.717, 1.165) is 37.2 Å². The number of nitrogens with zero attached hydrogens (tertiary/aromatic N) is 2. The first kappa shape index (κ1) is 27.3. The minimum atomic E-state index is 0.0402. The molecule has 1 heterocycles. The first-order chi connectivity index (χ1) is 17.4. The van der Waals surface area contributed by atoms with E-state index in [1.54, 1.807) is 18.2 Å². The van der Waals surface area contributed by atoms with Gasteiger partial charge >= 0.3 is 0 Å². The summed E-state index contributed by atoms with van der Waals surface area (Å²) in [6, 6.07) is 21.6. The molecule has 1 saturated heterocycles. The molecule has 0 radical (unpaired) electrons. The summed E-state index contributed by atoms with van der Waals surface area (Å²) in [6.45, 7) is 4.07. The second-order valence-corrected chi connectivity index (χ2v) is 11.1. The Morgan fingerprint density at radius 3 is 2.03 bits per heavy atom. The van der Waals surface area contributed by atoms with Crippen molar-refractivity contribution in [1.82, 2.24) is 9.80 Å². The first-order valence-electron chi connectivity index (χ1n) is 12.3. The van der Waals surface area contributed by atoms with Crippen molar-refractivity contribution in [2.75, 3.05) is 26.2 Å². The molecule has 3 aromatic carbocycles. The quantitative estimate of drug-likeness (QED) is 0.265. The van der Waals surface area contributed by atoms with E-state index in [0.29, 0.717) is 39.1 Å². The van der Waals surface area contributed by atoms with Crippen molar-refractivity contribution in [2.45, 2.75) is 32.2 Å². The summed E-state index contributed by atoms with van der Waals surface area (Å²) in [5, 5.41) is 1.94. The molecule has 1 amide bonds. The van der Waals surface area contributed by atoms with Gasteiger partial charge in [-0.2, -0.15) is 0 Å². The molecule has 1 aliphatic heterocycles. The van der Waals surface area contributed by atoms with Gasteiger partial charge in [0.1, 0.15) is 0 Å². The van der Waals surface area contributed by atoms with Crippen molar-refractivity contribution in [3.63, 3.8) is 0 Å². The summed E-state index contributed by atoms with van der Waals surface area (Å²) in [4.78, 5) is 17.7. The fourth-order valence-corrected chi connectivity index (χ4v) is 5.35. The maximum absolute atomic E-state index is 13.4. The number of hydrogen-bond acceptors (Lipinski definition) is 2. The van der Waals surface area contributed by atoms with Gasteiger partial charge in [0.25, 0.3) is 0 Å². The van der Waals surface area contributed by atoms with Gasteiger partial charge < -0.3 is 9.80 Å². The van der Waals surface area contributed by atoms with Gasteiger partial charge in [-0.3, -0.25) is 4.79 Å². The Morgan fingerprint density at radius 1 is 0.778 bits per heavy atom. The van der Waals surface area contributed by atoms with Crippen LogP contribution >= 0.6 is 46.4 Å². The Kier molecular flexibility index (Phi) is 9.98. The number of carbonyl (C=O) groups excluding carboxylic acids is 1. The molecule has 190 valence electrons. The molecule has 0 unspecified atom stereocenters. The molecule has 0 N–H and O–H groups in total. The molecule has 3 aromatic rings. The Morgan fingerprint density at radius 2 is 1.39 bits per heavy atom. The number of halogens is 4. The van der Waals surface area contributed by atoms with Crippen molar-refractivity contribution in [3.8, 4) is 0 Å². The lowest BCUT2D eigenvalue weighted by molar-refractivity contribution is -0.131. The van der Waals surface area contributed by atoms with Crippen LogP contribution in [0.25, 0.3) is 0 Å². The molecule has 0 saturated carbocycles. The SMILES string of the molecule is O=C(Cc1ccc(Cl)c(Cl)c1)N(CCN1CCC(Cc2ccccc2)CC1)Cc1ccc(Cl)c(Cl)c1.